The minimum absolute atomic E-state index is 0.0283. The van der Waals surface area contributed by atoms with Gasteiger partial charge in [0.2, 0.25) is 5.91 Å². The third kappa shape index (κ3) is 12.4. The zero-order valence-corrected chi connectivity index (χ0v) is 27.7. The lowest BCUT2D eigenvalue weighted by Gasteiger charge is -2.16. The van der Waals surface area contributed by atoms with Gasteiger partial charge in [-0.1, -0.05) is 31.5 Å². The summed E-state index contributed by atoms with van der Waals surface area (Å²) < 4.78 is 29.1. The molecule has 256 valence electrons. The maximum Gasteiger partial charge on any atom is 0.325 e. The summed E-state index contributed by atoms with van der Waals surface area (Å²) in [4.78, 5) is 33.2. The van der Waals surface area contributed by atoms with Crippen LogP contribution >= 0.6 is 0 Å². The number of fused-ring (bicyclic) bond motifs is 3. The van der Waals surface area contributed by atoms with Crippen LogP contribution in [0, 0.1) is 0 Å². The number of nitrogens with one attached hydrogen (secondary N) is 1. The van der Waals surface area contributed by atoms with Crippen LogP contribution in [0.3, 0.4) is 0 Å². The second kappa shape index (κ2) is 20.0. The molecule has 2 heterocycles. The predicted octanol–water partition coefficient (Wildman–Crippen LogP) is 3.14. The Hall–Kier alpha value is -3.36. The van der Waals surface area contributed by atoms with Crippen molar-refractivity contribution in [1.29, 1.82) is 0 Å². The molecule has 0 fully saturated rings. The summed E-state index contributed by atoms with van der Waals surface area (Å²) in [6, 6.07) is 8.04. The molecule has 3 rings (SSSR count). The zero-order valence-electron chi connectivity index (χ0n) is 27.7. The number of aryl methyl sites for hydroxylation is 2. The Labute approximate surface area is 271 Å². The van der Waals surface area contributed by atoms with Crippen molar-refractivity contribution >= 4 is 39.6 Å². The summed E-state index contributed by atoms with van der Waals surface area (Å²) in [5, 5.41) is 4.04. The molecule has 3 aromatic rings. The molecular formula is C33H52N6O7. The number of anilines is 1. The van der Waals surface area contributed by atoms with Gasteiger partial charge in [0, 0.05) is 31.3 Å². The fraction of sp³-hybridized carbons (Fsp3) is 0.636. The molecule has 2 aromatic heterocycles. The van der Waals surface area contributed by atoms with E-state index in [1.54, 1.807) is 13.8 Å². The van der Waals surface area contributed by atoms with Crippen LogP contribution in [0.5, 0.6) is 0 Å². The van der Waals surface area contributed by atoms with Crippen LogP contribution in [0.25, 0.3) is 21.9 Å². The smallest absolute Gasteiger partial charge is 0.325 e. The van der Waals surface area contributed by atoms with Crippen LogP contribution in [0.15, 0.2) is 24.3 Å². The SMILES string of the molecule is CCCCc1nc2c(N)nc3ccccc3c2n1CCCCNC(=O)CCOCCOCCOCCOCCOC(=O)C(C)(C)N. The average molecular weight is 645 g/mol. The number of imidazole rings is 1. The third-order valence-electron chi connectivity index (χ3n) is 7.15. The molecule has 0 aliphatic carbocycles. The van der Waals surface area contributed by atoms with Gasteiger partial charge < -0.3 is 45.0 Å². The van der Waals surface area contributed by atoms with Gasteiger partial charge in [0.05, 0.1) is 63.9 Å². The number of esters is 1. The van der Waals surface area contributed by atoms with Crippen LogP contribution in [0.1, 0.15) is 58.7 Å². The number of ether oxygens (including phenoxy) is 5. The number of unbranched alkanes of at least 4 members (excludes halogenated alkanes) is 2. The van der Waals surface area contributed by atoms with Crippen molar-refractivity contribution in [2.24, 2.45) is 5.73 Å². The van der Waals surface area contributed by atoms with Gasteiger partial charge in [-0.05, 0) is 39.2 Å². The second-order valence-corrected chi connectivity index (χ2v) is 11.6. The Bertz CT molecular complexity index is 1360. The maximum absolute atomic E-state index is 12.2. The van der Waals surface area contributed by atoms with E-state index in [0.717, 1.165) is 66.4 Å². The minimum Gasteiger partial charge on any atom is -0.462 e. The number of para-hydroxylation sites is 1. The van der Waals surface area contributed by atoms with E-state index < -0.39 is 11.5 Å². The van der Waals surface area contributed by atoms with Crippen molar-refractivity contribution in [3.05, 3.63) is 30.1 Å². The lowest BCUT2D eigenvalue weighted by Crippen LogP contribution is -2.43. The molecule has 0 spiro atoms. The molecule has 0 aliphatic rings. The minimum atomic E-state index is -1.01. The maximum atomic E-state index is 12.2. The molecule has 0 aliphatic heterocycles. The fourth-order valence-electron chi connectivity index (χ4n) is 4.69. The number of hydrogen-bond donors (Lipinski definition) is 3. The number of benzene rings is 1. The molecule has 0 saturated carbocycles. The summed E-state index contributed by atoms with van der Waals surface area (Å²) in [5.74, 6) is 1.01. The van der Waals surface area contributed by atoms with E-state index in [4.69, 9.17) is 40.1 Å². The number of nitrogen functional groups attached to an aromatic ring is 1. The Morgan fingerprint density at radius 3 is 2.15 bits per heavy atom. The summed E-state index contributed by atoms with van der Waals surface area (Å²) in [6.45, 7) is 10.0. The Morgan fingerprint density at radius 1 is 0.870 bits per heavy atom. The number of pyridine rings is 1. The van der Waals surface area contributed by atoms with Crippen molar-refractivity contribution in [3.63, 3.8) is 0 Å². The quantitative estimate of drug-likeness (QED) is 0.0965. The highest BCUT2D eigenvalue weighted by molar-refractivity contribution is 6.06. The van der Waals surface area contributed by atoms with E-state index in [9.17, 15) is 9.59 Å². The molecule has 5 N–H and O–H groups in total. The Morgan fingerprint density at radius 2 is 1.50 bits per heavy atom. The largest absolute Gasteiger partial charge is 0.462 e. The summed E-state index contributed by atoms with van der Waals surface area (Å²) in [5.41, 5.74) is 13.6. The topological polar surface area (TPSA) is 175 Å². The average Bonchev–Trinajstić information content (AvgIpc) is 3.40. The number of aromatic nitrogens is 3. The van der Waals surface area contributed by atoms with Crippen LogP contribution in [-0.2, 0) is 46.2 Å². The van der Waals surface area contributed by atoms with E-state index in [-0.39, 0.29) is 19.1 Å². The van der Waals surface area contributed by atoms with Crippen LogP contribution in [0.2, 0.25) is 0 Å². The van der Waals surface area contributed by atoms with Gasteiger partial charge in [0.1, 0.15) is 23.5 Å². The highest BCUT2D eigenvalue weighted by Crippen LogP contribution is 2.29. The molecule has 1 aromatic carbocycles. The first-order valence-electron chi connectivity index (χ1n) is 16.3. The van der Waals surface area contributed by atoms with Crippen LogP contribution < -0.4 is 16.8 Å². The van der Waals surface area contributed by atoms with Crippen LogP contribution in [-0.4, -0.2) is 98.0 Å². The summed E-state index contributed by atoms with van der Waals surface area (Å²) in [7, 11) is 0. The first-order chi connectivity index (χ1) is 22.2. The molecule has 13 heteroatoms. The van der Waals surface area contributed by atoms with Gasteiger partial charge in [0.25, 0.3) is 0 Å². The molecule has 46 heavy (non-hydrogen) atoms. The first-order valence-corrected chi connectivity index (χ1v) is 16.3. The van der Waals surface area contributed by atoms with E-state index in [2.05, 4.69) is 27.9 Å². The summed E-state index contributed by atoms with van der Waals surface area (Å²) in [6.07, 6.45) is 5.09. The molecule has 1 amide bonds. The molecule has 0 radical (unpaired) electrons. The van der Waals surface area contributed by atoms with Gasteiger partial charge >= 0.3 is 5.97 Å². The first kappa shape index (κ1) is 37.1. The molecule has 0 atom stereocenters. The standard InChI is InChI=1S/C33H52N6O7/c1-4-5-12-27-38-29-30(25-10-6-7-11-26(25)37-31(29)34)39(27)15-9-8-14-36-28(40)13-16-42-17-18-43-19-20-44-21-22-45-23-24-46-32(41)33(2,3)35/h6-7,10-11H,4-5,8-9,12-24,35H2,1-3H3,(H2,34,37)(H,36,40). The van der Waals surface area contributed by atoms with Crippen molar-refractivity contribution in [2.75, 3.05) is 71.7 Å². The predicted molar refractivity (Wildman–Crippen MR) is 177 cm³/mol. The highest BCUT2D eigenvalue weighted by Gasteiger charge is 2.23. The molecular weight excluding hydrogens is 592 g/mol. The van der Waals surface area contributed by atoms with Gasteiger partial charge in [-0.15, -0.1) is 0 Å². The normalized spacial score (nSPS) is 11.8. The van der Waals surface area contributed by atoms with Crippen molar-refractivity contribution < 1.29 is 33.3 Å². The number of carbonyl (C=O) groups excluding carboxylic acids is 2. The number of rotatable bonds is 24. The number of hydrogen-bond acceptors (Lipinski definition) is 11. The molecule has 13 nitrogen and oxygen atoms in total. The van der Waals surface area contributed by atoms with E-state index in [1.807, 2.05) is 18.2 Å². The number of carbonyl (C=O) groups is 2. The van der Waals surface area contributed by atoms with E-state index in [1.165, 1.54) is 0 Å². The van der Waals surface area contributed by atoms with Crippen molar-refractivity contribution in [2.45, 2.75) is 71.4 Å². The third-order valence-corrected chi connectivity index (χ3v) is 7.15. The lowest BCUT2D eigenvalue weighted by molar-refractivity contribution is -0.150. The van der Waals surface area contributed by atoms with E-state index >= 15 is 0 Å². The fourth-order valence-corrected chi connectivity index (χ4v) is 4.69. The monoisotopic (exact) mass is 644 g/mol. The van der Waals surface area contributed by atoms with Gasteiger partial charge in [-0.2, -0.15) is 0 Å². The highest BCUT2D eigenvalue weighted by atomic mass is 16.6. The number of nitrogens with zero attached hydrogens (tertiary/aromatic N) is 3. The number of nitrogens with two attached hydrogens (primary N) is 2. The summed E-state index contributed by atoms with van der Waals surface area (Å²) >= 11 is 0. The van der Waals surface area contributed by atoms with Crippen molar-refractivity contribution in [3.8, 4) is 0 Å². The van der Waals surface area contributed by atoms with Crippen molar-refractivity contribution in [1.82, 2.24) is 19.9 Å². The van der Waals surface area contributed by atoms with E-state index in [0.29, 0.717) is 65.0 Å². The molecule has 0 unspecified atom stereocenters. The Kier molecular flexibility index (Phi) is 16.1. The zero-order chi connectivity index (χ0) is 33.2. The van der Waals surface area contributed by atoms with Gasteiger partial charge in [-0.3, -0.25) is 9.59 Å². The molecule has 0 saturated heterocycles. The van der Waals surface area contributed by atoms with Crippen LogP contribution in [0.4, 0.5) is 5.82 Å². The van der Waals surface area contributed by atoms with Gasteiger partial charge in [-0.25, -0.2) is 9.97 Å². The number of amides is 1. The Balaban J connectivity index is 1.20. The van der Waals surface area contributed by atoms with Gasteiger partial charge in [0.15, 0.2) is 5.82 Å². The lowest BCUT2D eigenvalue weighted by atomic mass is 10.1. The second-order valence-electron chi connectivity index (χ2n) is 11.6. The molecule has 0 bridgehead atoms.